The number of ether oxygens (including phenoxy) is 1. The van der Waals surface area contributed by atoms with Gasteiger partial charge < -0.3 is 20.5 Å². The zero-order valence-corrected chi connectivity index (χ0v) is 18.4. The van der Waals surface area contributed by atoms with Gasteiger partial charge in [0, 0.05) is 12.1 Å². The second-order valence-electron chi connectivity index (χ2n) is 9.02. The number of alkyl carbamates (subject to hydrolysis) is 1. The highest BCUT2D eigenvalue weighted by atomic mass is 19.1. The van der Waals surface area contributed by atoms with Crippen LogP contribution in [0.1, 0.15) is 45.7 Å². The van der Waals surface area contributed by atoms with Crippen molar-refractivity contribution < 1.29 is 19.0 Å². The third-order valence-electron chi connectivity index (χ3n) is 4.78. The molecule has 0 saturated heterocycles. The number of nitrogens with one attached hydrogen (secondary N) is 2. The monoisotopic (exact) mass is 416 g/mol. The number of halogens is 1. The van der Waals surface area contributed by atoms with E-state index in [4.69, 9.17) is 4.74 Å². The molecule has 6 heteroatoms. The minimum absolute atomic E-state index is 0.234. The van der Waals surface area contributed by atoms with Crippen molar-refractivity contribution in [1.29, 1.82) is 0 Å². The van der Waals surface area contributed by atoms with Gasteiger partial charge in [0.15, 0.2) is 0 Å². The molecule has 2 aromatic carbocycles. The first kappa shape index (κ1) is 23.8. The van der Waals surface area contributed by atoms with Crippen LogP contribution < -0.4 is 10.6 Å². The van der Waals surface area contributed by atoms with Crippen LogP contribution in [-0.2, 0) is 16.7 Å². The molecule has 0 spiro atoms. The Hall–Kier alpha value is -2.44. The number of hydrogen-bond donors (Lipinski definition) is 3. The molecular formula is C24H33FN2O3. The van der Waals surface area contributed by atoms with E-state index in [1.54, 1.807) is 32.9 Å². The maximum Gasteiger partial charge on any atom is 0.407 e. The Bertz CT molecular complexity index is 801. The first-order valence-corrected chi connectivity index (χ1v) is 10.2. The summed E-state index contributed by atoms with van der Waals surface area (Å²) in [7, 11) is 0. The summed E-state index contributed by atoms with van der Waals surface area (Å²) in [6.45, 7) is 9.53. The number of aliphatic hydroxyl groups excluding tert-OH is 1. The van der Waals surface area contributed by atoms with Gasteiger partial charge in [-0.25, -0.2) is 9.18 Å². The normalized spacial score (nSPS) is 14.1. The molecule has 0 radical (unpaired) electrons. The summed E-state index contributed by atoms with van der Waals surface area (Å²) < 4.78 is 18.6. The zero-order valence-electron chi connectivity index (χ0n) is 18.4. The van der Waals surface area contributed by atoms with E-state index in [9.17, 15) is 14.3 Å². The molecule has 0 aromatic heterocycles. The maximum absolute atomic E-state index is 13.2. The Morgan fingerprint density at radius 3 is 2.20 bits per heavy atom. The molecule has 0 fully saturated rings. The number of aliphatic hydroxyl groups is 1. The molecule has 0 saturated carbocycles. The SMILES string of the molecule is CC(C)(C)OC(=O)N[C@@H](Cc1ccccc1)[C@H](O)CNC(C)(C)c1ccc(F)cc1. The Labute approximate surface area is 178 Å². The average Bonchev–Trinajstić information content (AvgIpc) is 2.65. The van der Waals surface area contributed by atoms with E-state index in [1.165, 1.54) is 12.1 Å². The van der Waals surface area contributed by atoms with Crippen LogP contribution in [0.15, 0.2) is 54.6 Å². The third-order valence-corrected chi connectivity index (χ3v) is 4.78. The summed E-state index contributed by atoms with van der Waals surface area (Å²) >= 11 is 0. The first-order chi connectivity index (χ1) is 14.0. The largest absolute Gasteiger partial charge is 0.444 e. The van der Waals surface area contributed by atoms with E-state index >= 15 is 0 Å². The number of amides is 1. The van der Waals surface area contributed by atoms with Crippen LogP contribution in [0.3, 0.4) is 0 Å². The van der Waals surface area contributed by atoms with Crippen LogP contribution >= 0.6 is 0 Å². The van der Waals surface area contributed by atoms with Crippen molar-refractivity contribution in [2.24, 2.45) is 0 Å². The van der Waals surface area contributed by atoms with E-state index in [0.29, 0.717) is 6.42 Å². The predicted octanol–water partition coefficient (Wildman–Crippen LogP) is 4.15. The van der Waals surface area contributed by atoms with Crippen molar-refractivity contribution in [2.45, 2.75) is 64.3 Å². The van der Waals surface area contributed by atoms with Gasteiger partial charge in [-0.2, -0.15) is 0 Å². The molecule has 2 aromatic rings. The topological polar surface area (TPSA) is 70.6 Å². The highest BCUT2D eigenvalue weighted by Crippen LogP contribution is 2.20. The zero-order chi connectivity index (χ0) is 22.4. The molecular weight excluding hydrogens is 383 g/mol. The van der Waals surface area contributed by atoms with Gasteiger partial charge in [-0.15, -0.1) is 0 Å². The molecule has 0 heterocycles. The second kappa shape index (κ2) is 10.0. The van der Waals surface area contributed by atoms with E-state index in [1.807, 2.05) is 44.2 Å². The highest BCUT2D eigenvalue weighted by Gasteiger charge is 2.27. The minimum Gasteiger partial charge on any atom is -0.444 e. The molecule has 30 heavy (non-hydrogen) atoms. The molecule has 0 aliphatic rings. The summed E-state index contributed by atoms with van der Waals surface area (Å²) in [5.41, 5.74) is 0.777. The maximum atomic E-state index is 13.2. The van der Waals surface area contributed by atoms with Crippen LogP contribution in [0.4, 0.5) is 9.18 Å². The molecule has 0 unspecified atom stereocenters. The number of carbonyl (C=O) groups excluding carboxylic acids is 1. The summed E-state index contributed by atoms with van der Waals surface area (Å²) in [5.74, 6) is -0.293. The van der Waals surface area contributed by atoms with Crippen LogP contribution in [0.2, 0.25) is 0 Å². The number of carbonyl (C=O) groups is 1. The van der Waals surface area contributed by atoms with Crippen LogP contribution in [0, 0.1) is 5.82 Å². The third kappa shape index (κ3) is 7.76. The predicted molar refractivity (Wildman–Crippen MR) is 117 cm³/mol. The average molecular weight is 417 g/mol. The molecule has 164 valence electrons. The second-order valence-corrected chi connectivity index (χ2v) is 9.02. The summed E-state index contributed by atoms with van der Waals surface area (Å²) in [5, 5.41) is 17.0. The van der Waals surface area contributed by atoms with Crippen molar-refractivity contribution in [3.05, 3.63) is 71.5 Å². The lowest BCUT2D eigenvalue weighted by atomic mass is 9.93. The van der Waals surface area contributed by atoms with E-state index in [2.05, 4.69) is 10.6 Å². The van der Waals surface area contributed by atoms with E-state index < -0.39 is 29.4 Å². The fourth-order valence-electron chi connectivity index (χ4n) is 3.08. The van der Waals surface area contributed by atoms with Crippen molar-refractivity contribution in [1.82, 2.24) is 10.6 Å². The van der Waals surface area contributed by atoms with Gasteiger partial charge in [-0.1, -0.05) is 42.5 Å². The van der Waals surface area contributed by atoms with Gasteiger partial charge >= 0.3 is 6.09 Å². The van der Waals surface area contributed by atoms with Crippen molar-refractivity contribution in [3.63, 3.8) is 0 Å². The lowest BCUT2D eigenvalue weighted by Gasteiger charge is -2.31. The highest BCUT2D eigenvalue weighted by molar-refractivity contribution is 5.68. The van der Waals surface area contributed by atoms with Gasteiger partial charge in [0.1, 0.15) is 11.4 Å². The first-order valence-electron chi connectivity index (χ1n) is 10.2. The lowest BCUT2D eigenvalue weighted by Crippen LogP contribution is -2.52. The standard InChI is InChI=1S/C24H33FN2O3/c1-23(2,3)30-22(29)27-20(15-17-9-7-6-8-10-17)21(28)16-26-24(4,5)18-11-13-19(25)14-12-18/h6-14,20-21,26,28H,15-16H2,1-5H3,(H,27,29)/t20-,21+/m0/s1. The van der Waals surface area contributed by atoms with E-state index in [0.717, 1.165) is 11.1 Å². The molecule has 0 aliphatic heterocycles. The number of hydrogen-bond acceptors (Lipinski definition) is 4. The molecule has 0 bridgehead atoms. The van der Waals surface area contributed by atoms with Crippen LogP contribution in [0.25, 0.3) is 0 Å². The quantitative estimate of drug-likeness (QED) is 0.605. The van der Waals surface area contributed by atoms with Crippen LogP contribution in [-0.4, -0.2) is 35.5 Å². The summed E-state index contributed by atoms with van der Waals surface area (Å²) in [6, 6.07) is 15.4. The smallest absolute Gasteiger partial charge is 0.407 e. The molecule has 2 rings (SSSR count). The Kier molecular flexibility index (Phi) is 7.98. The van der Waals surface area contributed by atoms with Gasteiger partial charge in [0.05, 0.1) is 12.1 Å². The molecule has 5 nitrogen and oxygen atoms in total. The van der Waals surface area contributed by atoms with Gasteiger partial charge in [-0.05, 0) is 64.3 Å². The Morgan fingerprint density at radius 1 is 1.03 bits per heavy atom. The molecule has 0 aliphatic carbocycles. The minimum atomic E-state index is -0.863. The van der Waals surface area contributed by atoms with Crippen molar-refractivity contribution >= 4 is 6.09 Å². The van der Waals surface area contributed by atoms with Crippen LogP contribution in [0.5, 0.6) is 0 Å². The van der Waals surface area contributed by atoms with E-state index in [-0.39, 0.29) is 12.4 Å². The Morgan fingerprint density at radius 2 is 1.63 bits per heavy atom. The fourth-order valence-corrected chi connectivity index (χ4v) is 3.08. The molecule has 2 atom stereocenters. The fraction of sp³-hybridized carbons (Fsp3) is 0.458. The Balaban J connectivity index is 2.07. The summed E-state index contributed by atoms with van der Waals surface area (Å²) in [4.78, 5) is 12.3. The van der Waals surface area contributed by atoms with Gasteiger partial charge in [0.25, 0.3) is 0 Å². The molecule has 3 N–H and O–H groups in total. The lowest BCUT2D eigenvalue weighted by molar-refractivity contribution is 0.0415. The number of rotatable bonds is 8. The summed E-state index contributed by atoms with van der Waals surface area (Å²) in [6.07, 6.45) is -0.974. The molecule has 1 amide bonds. The number of benzene rings is 2. The van der Waals surface area contributed by atoms with Crippen molar-refractivity contribution in [2.75, 3.05) is 6.54 Å². The van der Waals surface area contributed by atoms with Crippen molar-refractivity contribution in [3.8, 4) is 0 Å². The van der Waals surface area contributed by atoms with Gasteiger partial charge in [-0.3, -0.25) is 0 Å². The van der Waals surface area contributed by atoms with Gasteiger partial charge in [0.2, 0.25) is 0 Å².